The molecule has 0 amide bonds. The normalized spacial score (nSPS) is 17.6. The van der Waals surface area contributed by atoms with Gasteiger partial charge in [0.2, 0.25) is 0 Å². The smallest absolute Gasteiger partial charge is 0.0385 e. The first-order valence-electron chi connectivity index (χ1n) is 4.05. The van der Waals surface area contributed by atoms with Crippen molar-refractivity contribution < 1.29 is 0 Å². The van der Waals surface area contributed by atoms with Crippen molar-refractivity contribution in [1.82, 2.24) is 4.90 Å². The fraction of sp³-hybridized carbons (Fsp3) is 1.00. The topological polar surface area (TPSA) is 52.0 Å². The highest BCUT2D eigenvalue weighted by atomic mass is 15.2. The van der Waals surface area contributed by atoms with Crippen LogP contribution in [0.2, 0.25) is 0 Å². The molecule has 0 spiro atoms. The summed E-state index contributed by atoms with van der Waals surface area (Å²) in [5.41, 5.74) is 8.03. The van der Waals surface area contributed by atoms with Crippen LogP contribution in [0.25, 0.3) is 10.4 Å². The van der Waals surface area contributed by atoms with Crippen LogP contribution >= 0.6 is 0 Å². The molecular weight excluding hydrogens is 140 g/mol. The highest BCUT2D eigenvalue weighted by Crippen LogP contribution is 2.22. The van der Waals surface area contributed by atoms with Crippen molar-refractivity contribution in [1.29, 1.82) is 0 Å². The van der Waals surface area contributed by atoms with E-state index in [4.69, 9.17) is 5.53 Å². The van der Waals surface area contributed by atoms with Crippen molar-refractivity contribution >= 4 is 0 Å². The Balaban J connectivity index is 2.09. The molecule has 4 heteroatoms. The average molecular weight is 154 g/mol. The minimum atomic E-state index is 0.601. The van der Waals surface area contributed by atoms with E-state index < -0.39 is 0 Å². The third kappa shape index (κ3) is 2.41. The lowest BCUT2D eigenvalue weighted by Crippen LogP contribution is -2.38. The van der Waals surface area contributed by atoms with Crippen LogP contribution < -0.4 is 0 Å². The van der Waals surface area contributed by atoms with Gasteiger partial charge in [0.15, 0.2) is 0 Å². The summed E-state index contributed by atoms with van der Waals surface area (Å²) in [7, 11) is 2.09. The monoisotopic (exact) mass is 154 g/mol. The van der Waals surface area contributed by atoms with Gasteiger partial charge in [-0.2, -0.15) is 0 Å². The van der Waals surface area contributed by atoms with E-state index in [9.17, 15) is 0 Å². The first-order chi connectivity index (χ1) is 5.34. The lowest BCUT2D eigenvalue weighted by Gasteiger charge is -2.34. The second-order valence-electron chi connectivity index (χ2n) is 3.02. The Morgan fingerprint density at radius 1 is 1.64 bits per heavy atom. The predicted molar refractivity (Wildman–Crippen MR) is 44.3 cm³/mol. The third-order valence-corrected chi connectivity index (χ3v) is 2.31. The van der Waals surface area contributed by atoms with E-state index in [0.717, 1.165) is 12.6 Å². The molecule has 0 atom stereocenters. The largest absolute Gasteiger partial charge is 0.303 e. The summed E-state index contributed by atoms with van der Waals surface area (Å²) in [6, 6.07) is 0.754. The van der Waals surface area contributed by atoms with Crippen LogP contribution in [-0.2, 0) is 0 Å². The van der Waals surface area contributed by atoms with E-state index in [0.29, 0.717) is 6.54 Å². The zero-order valence-electron chi connectivity index (χ0n) is 6.90. The molecule has 0 saturated heterocycles. The molecule has 0 N–H and O–H groups in total. The molecule has 1 saturated carbocycles. The van der Waals surface area contributed by atoms with Gasteiger partial charge >= 0.3 is 0 Å². The Morgan fingerprint density at radius 3 is 2.82 bits per heavy atom. The number of rotatable bonds is 4. The van der Waals surface area contributed by atoms with Crippen LogP contribution in [-0.4, -0.2) is 31.1 Å². The second kappa shape index (κ2) is 4.21. The number of likely N-dealkylation sites (N-methyl/N-ethyl adjacent to an activating group) is 1. The third-order valence-electron chi connectivity index (χ3n) is 2.31. The zero-order chi connectivity index (χ0) is 8.10. The highest BCUT2D eigenvalue weighted by Gasteiger charge is 2.20. The van der Waals surface area contributed by atoms with E-state index in [2.05, 4.69) is 22.0 Å². The summed E-state index contributed by atoms with van der Waals surface area (Å²) in [4.78, 5) is 4.99. The molecule has 11 heavy (non-hydrogen) atoms. The maximum absolute atomic E-state index is 8.03. The maximum atomic E-state index is 8.03. The number of hydrogen-bond acceptors (Lipinski definition) is 2. The van der Waals surface area contributed by atoms with Crippen molar-refractivity contribution in [2.24, 2.45) is 5.11 Å². The minimum Gasteiger partial charge on any atom is -0.303 e. The Hall–Kier alpha value is -0.730. The summed E-state index contributed by atoms with van der Waals surface area (Å²) >= 11 is 0. The molecule has 4 nitrogen and oxygen atoms in total. The van der Waals surface area contributed by atoms with Gasteiger partial charge in [0, 0.05) is 24.0 Å². The fourth-order valence-corrected chi connectivity index (χ4v) is 1.26. The Kier molecular flexibility index (Phi) is 3.20. The lowest BCUT2D eigenvalue weighted by molar-refractivity contribution is 0.164. The molecule has 1 rings (SSSR count). The molecule has 1 aliphatic rings. The highest BCUT2D eigenvalue weighted by molar-refractivity contribution is 4.77. The first-order valence-corrected chi connectivity index (χ1v) is 4.05. The number of hydrogen-bond donors (Lipinski definition) is 0. The molecule has 0 bridgehead atoms. The van der Waals surface area contributed by atoms with Crippen molar-refractivity contribution in [3.63, 3.8) is 0 Å². The summed E-state index contributed by atoms with van der Waals surface area (Å²) in [6.07, 6.45) is 3.98. The molecule has 1 fully saturated rings. The Morgan fingerprint density at radius 2 is 2.36 bits per heavy atom. The van der Waals surface area contributed by atoms with Crippen LogP contribution in [0.5, 0.6) is 0 Å². The van der Waals surface area contributed by atoms with Gasteiger partial charge in [0.05, 0.1) is 0 Å². The van der Waals surface area contributed by atoms with E-state index in [1.807, 2.05) is 0 Å². The van der Waals surface area contributed by atoms with Gasteiger partial charge in [-0.3, -0.25) is 0 Å². The molecule has 62 valence electrons. The van der Waals surface area contributed by atoms with Gasteiger partial charge in [-0.1, -0.05) is 11.5 Å². The van der Waals surface area contributed by atoms with Gasteiger partial charge in [0.25, 0.3) is 0 Å². The minimum absolute atomic E-state index is 0.601. The van der Waals surface area contributed by atoms with Crippen LogP contribution in [0, 0.1) is 0 Å². The lowest BCUT2D eigenvalue weighted by atomic mass is 9.92. The standard InChI is InChI=1S/C7H14N4/c1-11(6-5-9-10-8)7-3-2-4-7/h7H,2-6H2,1H3. The van der Waals surface area contributed by atoms with Crippen molar-refractivity contribution in [2.45, 2.75) is 25.3 Å². The van der Waals surface area contributed by atoms with Gasteiger partial charge in [-0.15, -0.1) is 0 Å². The molecule has 1 aliphatic carbocycles. The quantitative estimate of drug-likeness (QED) is 0.346. The maximum Gasteiger partial charge on any atom is 0.0385 e. The zero-order valence-corrected chi connectivity index (χ0v) is 6.90. The summed E-state index contributed by atoms with van der Waals surface area (Å²) in [5.74, 6) is 0. The Bertz CT molecular complexity index is 158. The SMILES string of the molecule is CN(CCN=[N+]=[N-])C1CCC1. The second-order valence-corrected chi connectivity index (χ2v) is 3.02. The number of azide groups is 1. The molecule has 0 aromatic heterocycles. The molecular formula is C7H14N4. The summed E-state index contributed by atoms with van der Waals surface area (Å²) < 4.78 is 0. The fourth-order valence-electron chi connectivity index (χ4n) is 1.26. The average Bonchev–Trinajstić information content (AvgIpc) is 1.84. The molecule has 0 unspecified atom stereocenters. The van der Waals surface area contributed by atoms with E-state index in [1.54, 1.807) is 0 Å². The molecule has 0 aromatic rings. The van der Waals surface area contributed by atoms with Gasteiger partial charge in [0.1, 0.15) is 0 Å². The predicted octanol–water partition coefficient (Wildman–Crippen LogP) is 1.78. The summed E-state index contributed by atoms with van der Waals surface area (Å²) in [6.45, 7) is 1.50. The Labute approximate surface area is 66.8 Å². The molecule has 0 radical (unpaired) electrons. The van der Waals surface area contributed by atoms with Crippen molar-refractivity contribution in [3.8, 4) is 0 Å². The van der Waals surface area contributed by atoms with Crippen LogP contribution in [0.1, 0.15) is 19.3 Å². The number of nitrogens with zero attached hydrogens (tertiary/aromatic N) is 4. The van der Waals surface area contributed by atoms with E-state index in [1.165, 1.54) is 19.3 Å². The van der Waals surface area contributed by atoms with Gasteiger partial charge in [-0.25, -0.2) is 0 Å². The van der Waals surface area contributed by atoms with Gasteiger partial charge < -0.3 is 4.90 Å². The molecule has 0 heterocycles. The van der Waals surface area contributed by atoms with Crippen LogP contribution in [0.4, 0.5) is 0 Å². The van der Waals surface area contributed by atoms with Crippen LogP contribution in [0.15, 0.2) is 5.11 Å². The van der Waals surface area contributed by atoms with Crippen molar-refractivity contribution in [2.75, 3.05) is 20.1 Å². The molecule has 0 aliphatic heterocycles. The van der Waals surface area contributed by atoms with Gasteiger partial charge in [-0.05, 0) is 25.4 Å². The van der Waals surface area contributed by atoms with Crippen molar-refractivity contribution in [3.05, 3.63) is 10.4 Å². The molecule has 0 aromatic carbocycles. The van der Waals surface area contributed by atoms with E-state index >= 15 is 0 Å². The summed E-state index contributed by atoms with van der Waals surface area (Å²) in [5, 5.41) is 3.49. The van der Waals surface area contributed by atoms with Crippen LogP contribution in [0.3, 0.4) is 0 Å². The first kappa shape index (κ1) is 8.37. The van der Waals surface area contributed by atoms with E-state index in [-0.39, 0.29) is 0 Å².